The normalized spacial score (nSPS) is 9.35. The molecule has 0 aliphatic carbocycles. The Balaban J connectivity index is 0.000000612. The second-order valence-corrected chi connectivity index (χ2v) is 4.15. The van der Waals surface area contributed by atoms with Gasteiger partial charge in [0.25, 0.3) is 0 Å². The number of nitrogens with two attached hydrogens (primary N) is 1. The van der Waals surface area contributed by atoms with Crippen molar-refractivity contribution in [3.63, 3.8) is 0 Å². The predicted octanol–water partition coefficient (Wildman–Crippen LogP) is 2.34. The number of anilines is 1. The Morgan fingerprint density at radius 1 is 1.05 bits per heavy atom. The lowest BCUT2D eigenvalue weighted by Gasteiger charge is -2.06. The van der Waals surface area contributed by atoms with E-state index in [0.29, 0.717) is 22.6 Å². The summed E-state index contributed by atoms with van der Waals surface area (Å²) < 4.78 is 5.05. The smallest absolute Gasteiger partial charge is 0.193 e. The van der Waals surface area contributed by atoms with Crippen molar-refractivity contribution in [2.45, 2.75) is 0 Å². The lowest BCUT2D eigenvalue weighted by molar-refractivity contribution is 0.103. The second kappa shape index (κ2) is 7.96. The summed E-state index contributed by atoms with van der Waals surface area (Å²) in [5.74, 6) is 0.537. The third-order valence-corrected chi connectivity index (χ3v) is 2.53. The van der Waals surface area contributed by atoms with E-state index in [1.807, 2.05) is 32.3 Å². The van der Waals surface area contributed by atoms with Crippen LogP contribution in [0.4, 0.5) is 5.69 Å². The molecular weight excluding hydrogens is 252 g/mol. The molecule has 4 heteroatoms. The van der Waals surface area contributed by atoms with Gasteiger partial charge < -0.3 is 15.8 Å². The summed E-state index contributed by atoms with van der Waals surface area (Å²) in [7, 11) is 5.30. The zero-order valence-corrected chi connectivity index (χ0v) is 12.0. The van der Waals surface area contributed by atoms with Crippen molar-refractivity contribution in [2.24, 2.45) is 0 Å². The van der Waals surface area contributed by atoms with Gasteiger partial charge in [0.2, 0.25) is 0 Å². The molecule has 0 radical (unpaired) electrons. The highest BCUT2D eigenvalue weighted by Gasteiger charge is 2.10. The van der Waals surface area contributed by atoms with Gasteiger partial charge in [0.15, 0.2) is 5.78 Å². The van der Waals surface area contributed by atoms with Crippen LogP contribution in [-0.4, -0.2) is 27.0 Å². The fraction of sp³-hybridized carbons (Fsp3) is 0.188. The molecule has 0 saturated heterocycles. The first kappa shape index (κ1) is 15.7. The van der Waals surface area contributed by atoms with Crippen LogP contribution in [0.2, 0.25) is 0 Å². The molecular formula is C16H20N2O2. The minimum Gasteiger partial charge on any atom is -0.495 e. The van der Waals surface area contributed by atoms with Crippen LogP contribution in [0.15, 0.2) is 48.5 Å². The molecule has 0 heterocycles. The van der Waals surface area contributed by atoms with Gasteiger partial charge in [0, 0.05) is 11.1 Å². The van der Waals surface area contributed by atoms with E-state index >= 15 is 0 Å². The topological polar surface area (TPSA) is 64.3 Å². The van der Waals surface area contributed by atoms with E-state index in [2.05, 4.69) is 5.32 Å². The molecule has 3 N–H and O–H groups in total. The molecule has 0 fully saturated rings. The number of carbonyl (C=O) groups excluding carboxylic acids is 1. The number of methoxy groups -OCH3 is 1. The number of rotatable bonds is 3. The zero-order valence-electron chi connectivity index (χ0n) is 12.0. The molecule has 0 aliphatic heterocycles. The largest absolute Gasteiger partial charge is 0.495 e. The molecule has 2 rings (SSSR count). The summed E-state index contributed by atoms with van der Waals surface area (Å²) in [5, 5.41) is 2.75. The summed E-state index contributed by atoms with van der Waals surface area (Å²) in [5.41, 5.74) is 7.45. The number of carbonyl (C=O) groups is 1. The molecule has 0 unspecified atom stereocenters. The molecule has 0 atom stereocenters. The first-order valence-electron chi connectivity index (χ1n) is 6.25. The van der Waals surface area contributed by atoms with E-state index in [1.165, 1.54) is 0 Å². The minimum atomic E-state index is -0.0417. The van der Waals surface area contributed by atoms with Gasteiger partial charge in [0.05, 0.1) is 12.8 Å². The Kier molecular flexibility index (Phi) is 6.26. The van der Waals surface area contributed by atoms with E-state index in [9.17, 15) is 4.79 Å². The quantitative estimate of drug-likeness (QED) is 0.665. The maximum absolute atomic E-state index is 12.1. The van der Waals surface area contributed by atoms with Crippen LogP contribution < -0.4 is 15.8 Å². The monoisotopic (exact) mass is 272 g/mol. The van der Waals surface area contributed by atoms with E-state index in [4.69, 9.17) is 10.5 Å². The van der Waals surface area contributed by atoms with Crippen molar-refractivity contribution < 1.29 is 9.53 Å². The van der Waals surface area contributed by atoms with Crippen LogP contribution in [-0.2, 0) is 0 Å². The van der Waals surface area contributed by atoms with Crippen molar-refractivity contribution in [1.82, 2.24) is 5.32 Å². The van der Waals surface area contributed by atoms with Crippen LogP contribution in [0, 0.1) is 0 Å². The molecule has 0 spiro atoms. The highest BCUT2D eigenvalue weighted by molar-refractivity contribution is 6.09. The zero-order chi connectivity index (χ0) is 15.0. The molecule has 20 heavy (non-hydrogen) atoms. The summed E-state index contributed by atoms with van der Waals surface area (Å²) >= 11 is 0. The van der Waals surface area contributed by atoms with Crippen LogP contribution in [0.5, 0.6) is 5.75 Å². The van der Waals surface area contributed by atoms with Crippen molar-refractivity contribution in [3.05, 3.63) is 59.7 Å². The number of hydrogen-bond acceptors (Lipinski definition) is 4. The number of ketones is 1. The third kappa shape index (κ3) is 4.10. The summed E-state index contributed by atoms with van der Waals surface area (Å²) in [6, 6.07) is 14.1. The van der Waals surface area contributed by atoms with Gasteiger partial charge in [-0.3, -0.25) is 4.79 Å². The van der Waals surface area contributed by atoms with E-state index < -0.39 is 0 Å². The summed E-state index contributed by atoms with van der Waals surface area (Å²) in [6.45, 7) is 0. The van der Waals surface area contributed by atoms with E-state index in [0.717, 1.165) is 0 Å². The molecule has 106 valence electrons. The third-order valence-electron chi connectivity index (χ3n) is 2.53. The molecule has 0 saturated carbocycles. The average molecular weight is 272 g/mol. The molecule has 2 aromatic rings. The Morgan fingerprint density at radius 2 is 1.65 bits per heavy atom. The van der Waals surface area contributed by atoms with Crippen molar-refractivity contribution in [1.29, 1.82) is 0 Å². The fourth-order valence-corrected chi connectivity index (χ4v) is 1.63. The number of nitrogen functional groups attached to an aromatic ring is 1. The first-order chi connectivity index (χ1) is 9.63. The van der Waals surface area contributed by atoms with Crippen molar-refractivity contribution >= 4 is 11.5 Å². The number of nitrogens with one attached hydrogen (secondary N) is 1. The van der Waals surface area contributed by atoms with Crippen molar-refractivity contribution in [3.8, 4) is 5.75 Å². The summed E-state index contributed by atoms with van der Waals surface area (Å²) in [6.07, 6.45) is 0. The molecule has 0 amide bonds. The van der Waals surface area contributed by atoms with Gasteiger partial charge in [-0.2, -0.15) is 0 Å². The Bertz CT molecular complexity index is 554. The molecule has 4 nitrogen and oxygen atoms in total. The second-order valence-electron chi connectivity index (χ2n) is 4.15. The lowest BCUT2D eigenvalue weighted by Crippen LogP contribution is -2.02. The standard InChI is InChI=1S/C14H13NO2.C2H7N/c1-17-13-8-7-11(9-12(13)15)14(16)10-5-3-2-4-6-10;1-3-2/h2-9H,15H2,1H3;3H,1-2H3. The van der Waals surface area contributed by atoms with Crippen LogP contribution in [0.3, 0.4) is 0 Å². The SMILES string of the molecule is CNC.COc1ccc(C(=O)c2ccccc2)cc1N. The Hall–Kier alpha value is -2.33. The van der Waals surface area contributed by atoms with Gasteiger partial charge in [-0.05, 0) is 32.3 Å². The number of benzene rings is 2. The van der Waals surface area contributed by atoms with Gasteiger partial charge in [-0.15, -0.1) is 0 Å². The maximum atomic E-state index is 12.1. The molecule has 0 bridgehead atoms. The molecule has 0 aromatic heterocycles. The number of ether oxygens (including phenoxy) is 1. The highest BCUT2D eigenvalue weighted by Crippen LogP contribution is 2.23. The number of hydrogen-bond donors (Lipinski definition) is 2. The van der Waals surface area contributed by atoms with E-state index in [-0.39, 0.29) is 5.78 Å². The maximum Gasteiger partial charge on any atom is 0.193 e. The average Bonchev–Trinajstić information content (AvgIpc) is 2.48. The van der Waals surface area contributed by atoms with Gasteiger partial charge >= 0.3 is 0 Å². The Morgan fingerprint density at radius 3 is 2.15 bits per heavy atom. The first-order valence-corrected chi connectivity index (χ1v) is 6.25. The summed E-state index contributed by atoms with van der Waals surface area (Å²) in [4.78, 5) is 12.1. The lowest BCUT2D eigenvalue weighted by atomic mass is 10.0. The minimum absolute atomic E-state index is 0.0417. The van der Waals surface area contributed by atoms with Crippen LogP contribution >= 0.6 is 0 Å². The van der Waals surface area contributed by atoms with Gasteiger partial charge in [0.1, 0.15) is 5.75 Å². The predicted molar refractivity (Wildman–Crippen MR) is 82.3 cm³/mol. The van der Waals surface area contributed by atoms with Crippen LogP contribution in [0.25, 0.3) is 0 Å². The molecule has 0 aliphatic rings. The van der Waals surface area contributed by atoms with Gasteiger partial charge in [-0.1, -0.05) is 30.3 Å². The van der Waals surface area contributed by atoms with Gasteiger partial charge in [-0.25, -0.2) is 0 Å². The highest BCUT2D eigenvalue weighted by atomic mass is 16.5. The van der Waals surface area contributed by atoms with Crippen LogP contribution in [0.1, 0.15) is 15.9 Å². The molecule has 2 aromatic carbocycles. The van der Waals surface area contributed by atoms with Crippen molar-refractivity contribution in [2.75, 3.05) is 26.9 Å². The fourth-order valence-electron chi connectivity index (χ4n) is 1.63. The Labute approximate surface area is 119 Å². The van der Waals surface area contributed by atoms with E-state index in [1.54, 1.807) is 37.4 Å².